The van der Waals surface area contributed by atoms with E-state index in [1.165, 1.54) is 160 Å². The van der Waals surface area contributed by atoms with E-state index >= 15 is 0 Å². The van der Waals surface area contributed by atoms with Crippen molar-refractivity contribution in [3.05, 3.63) is 35.9 Å². The first-order chi connectivity index (χ1) is 18.8. The number of ether oxygens (including phenoxy) is 1. The Morgan fingerprint density at radius 1 is 0.553 bits per heavy atom. The van der Waals surface area contributed by atoms with E-state index < -0.39 is 0 Å². The smallest absolute Gasteiger partial charge is 0.0462 e. The second-order valence-corrected chi connectivity index (χ2v) is 12.0. The van der Waals surface area contributed by atoms with Gasteiger partial charge in [-0.3, -0.25) is 4.90 Å². The number of hydrogen-bond donors (Lipinski definition) is 0. The second-order valence-electron chi connectivity index (χ2n) is 12.0. The second kappa shape index (κ2) is 27.7. The van der Waals surface area contributed by atoms with Crippen LogP contribution in [0, 0.1) is 5.92 Å². The van der Waals surface area contributed by atoms with E-state index in [2.05, 4.69) is 49.1 Å². The van der Waals surface area contributed by atoms with E-state index in [9.17, 15) is 0 Å². The minimum Gasteiger partial charge on any atom is -0.385 e. The van der Waals surface area contributed by atoms with Gasteiger partial charge in [-0.05, 0) is 43.8 Å². The summed E-state index contributed by atoms with van der Waals surface area (Å²) in [4.78, 5) is 2.71. The highest BCUT2D eigenvalue weighted by atomic mass is 16.5. The molecule has 0 fully saturated rings. The fourth-order valence-corrected chi connectivity index (χ4v) is 5.85. The average Bonchev–Trinajstić information content (AvgIpc) is 2.93. The SMILES string of the molecule is CCCCCC(CCCCC)CCCCCCCCCCN(CCCCCCCOC)Cc1ccccc1. The van der Waals surface area contributed by atoms with Gasteiger partial charge in [0.15, 0.2) is 0 Å². The standard InChI is InChI=1S/C36H67NO/c1-4-6-18-26-35(27-19-7-5-2)28-20-13-10-8-9-11-14-23-31-37(34-36-29-21-17-22-30-36)32-24-15-12-16-25-33-38-3/h17,21-22,29-30,35H,4-16,18-20,23-28,31-34H2,1-3H3. The lowest BCUT2D eigenvalue weighted by molar-refractivity contribution is 0.191. The fourth-order valence-electron chi connectivity index (χ4n) is 5.85. The van der Waals surface area contributed by atoms with Crippen molar-refractivity contribution in [1.29, 1.82) is 0 Å². The molecule has 1 aromatic carbocycles. The maximum absolute atomic E-state index is 5.18. The molecular weight excluding hydrogens is 462 g/mol. The predicted octanol–water partition coefficient (Wildman–Crippen LogP) is 11.4. The molecule has 0 atom stereocenters. The first-order valence-corrected chi connectivity index (χ1v) is 17.0. The number of unbranched alkanes of at least 4 members (excludes halogenated alkanes) is 15. The molecule has 0 bridgehead atoms. The molecule has 0 spiro atoms. The minimum absolute atomic E-state index is 0.916. The van der Waals surface area contributed by atoms with Crippen molar-refractivity contribution < 1.29 is 4.74 Å². The van der Waals surface area contributed by atoms with Crippen molar-refractivity contribution in [2.45, 2.75) is 162 Å². The Morgan fingerprint density at radius 2 is 1.00 bits per heavy atom. The Kier molecular flexibility index (Phi) is 25.6. The van der Waals surface area contributed by atoms with Gasteiger partial charge < -0.3 is 4.74 Å². The van der Waals surface area contributed by atoms with Crippen LogP contribution in [0.5, 0.6) is 0 Å². The van der Waals surface area contributed by atoms with Gasteiger partial charge in [-0.2, -0.15) is 0 Å². The molecule has 0 aliphatic carbocycles. The zero-order chi connectivity index (χ0) is 27.4. The minimum atomic E-state index is 0.916. The molecule has 0 amide bonds. The van der Waals surface area contributed by atoms with E-state index in [1.54, 1.807) is 0 Å². The molecule has 0 heterocycles. The summed E-state index contributed by atoms with van der Waals surface area (Å²) in [5, 5.41) is 0. The molecule has 2 nitrogen and oxygen atoms in total. The lowest BCUT2D eigenvalue weighted by Crippen LogP contribution is -2.25. The first kappa shape index (κ1) is 35.2. The third-order valence-corrected chi connectivity index (χ3v) is 8.34. The molecule has 38 heavy (non-hydrogen) atoms. The molecule has 0 aromatic heterocycles. The maximum Gasteiger partial charge on any atom is 0.0462 e. The number of rotatable bonds is 29. The summed E-state index contributed by atoms with van der Waals surface area (Å²) in [6.07, 6.45) is 31.0. The van der Waals surface area contributed by atoms with Gasteiger partial charge in [0.05, 0.1) is 0 Å². The van der Waals surface area contributed by atoms with Crippen LogP contribution in [0.2, 0.25) is 0 Å². The van der Waals surface area contributed by atoms with E-state index in [4.69, 9.17) is 4.74 Å². The molecule has 1 aromatic rings. The van der Waals surface area contributed by atoms with Crippen LogP contribution in [0.4, 0.5) is 0 Å². The van der Waals surface area contributed by atoms with Crippen LogP contribution < -0.4 is 0 Å². The summed E-state index contributed by atoms with van der Waals surface area (Å²) in [5.41, 5.74) is 1.46. The summed E-state index contributed by atoms with van der Waals surface area (Å²) in [6.45, 7) is 9.20. The van der Waals surface area contributed by atoms with Crippen LogP contribution in [0.25, 0.3) is 0 Å². The third-order valence-electron chi connectivity index (χ3n) is 8.34. The highest BCUT2D eigenvalue weighted by Crippen LogP contribution is 2.24. The van der Waals surface area contributed by atoms with Gasteiger partial charge in [-0.15, -0.1) is 0 Å². The van der Waals surface area contributed by atoms with Crippen LogP contribution >= 0.6 is 0 Å². The molecular formula is C36H67NO. The molecule has 1 rings (SSSR count). The summed E-state index contributed by atoms with van der Waals surface area (Å²) < 4.78 is 5.18. The average molecular weight is 530 g/mol. The Labute approximate surface area is 239 Å². The van der Waals surface area contributed by atoms with Crippen molar-refractivity contribution in [3.8, 4) is 0 Å². The number of nitrogens with zero attached hydrogens (tertiary/aromatic N) is 1. The lowest BCUT2D eigenvalue weighted by atomic mass is 9.90. The normalized spacial score (nSPS) is 11.7. The zero-order valence-corrected chi connectivity index (χ0v) is 26.2. The molecule has 0 aliphatic rings. The van der Waals surface area contributed by atoms with Gasteiger partial charge in [0, 0.05) is 20.3 Å². The highest BCUT2D eigenvalue weighted by Gasteiger charge is 2.09. The Morgan fingerprint density at radius 3 is 1.50 bits per heavy atom. The molecule has 222 valence electrons. The fraction of sp³-hybridized carbons (Fsp3) is 0.833. The van der Waals surface area contributed by atoms with E-state index in [0.717, 1.165) is 19.1 Å². The summed E-state index contributed by atoms with van der Waals surface area (Å²) in [6, 6.07) is 11.1. The van der Waals surface area contributed by atoms with Crippen molar-refractivity contribution in [2.24, 2.45) is 5.92 Å². The molecule has 0 saturated carbocycles. The molecule has 2 heteroatoms. The van der Waals surface area contributed by atoms with Crippen LogP contribution in [0.3, 0.4) is 0 Å². The van der Waals surface area contributed by atoms with Crippen molar-refractivity contribution in [1.82, 2.24) is 4.90 Å². The van der Waals surface area contributed by atoms with Crippen LogP contribution in [-0.2, 0) is 11.3 Å². The topological polar surface area (TPSA) is 12.5 Å². The number of hydrogen-bond acceptors (Lipinski definition) is 2. The highest BCUT2D eigenvalue weighted by molar-refractivity contribution is 5.14. The number of benzene rings is 1. The molecule has 0 unspecified atom stereocenters. The predicted molar refractivity (Wildman–Crippen MR) is 170 cm³/mol. The molecule has 0 N–H and O–H groups in total. The Hall–Kier alpha value is -0.860. The molecule has 0 aliphatic heterocycles. The number of methoxy groups -OCH3 is 1. The van der Waals surface area contributed by atoms with E-state index in [-0.39, 0.29) is 0 Å². The molecule has 0 radical (unpaired) electrons. The third kappa shape index (κ3) is 22.0. The van der Waals surface area contributed by atoms with Gasteiger partial charge in [-0.1, -0.05) is 166 Å². The quantitative estimate of drug-likeness (QED) is 0.0957. The van der Waals surface area contributed by atoms with E-state index in [1.807, 2.05) is 7.11 Å². The lowest BCUT2D eigenvalue weighted by Gasteiger charge is -2.22. The Balaban J connectivity index is 2.13. The van der Waals surface area contributed by atoms with Gasteiger partial charge in [0.1, 0.15) is 0 Å². The van der Waals surface area contributed by atoms with Crippen molar-refractivity contribution in [3.63, 3.8) is 0 Å². The van der Waals surface area contributed by atoms with Gasteiger partial charge >= 0.3 is 0 Å². The Bertz CT molecular complexity index is 564. The van der Waals surface area contributed by atoms with Gasteiger partial charge in [-0.25, -0.2) is 0 Å². The van der Waals surface area contributed by atoms with Crippen molar-refractivity contribution >= 4 is 0 Å². The van der Waals surface area contributed by atoms with E-state index in [0.29, 0.717) is 0 Å². The summed E-state index contributed by atoms with van der Waals surface area (Å²) >= 11 is 0. The van der Waals surface area contributed by atoms with Gasteiger partial charge in [0.2, 0.25) is 0 Å². The maximum atomic E-state index is 5.18. The largest absolute Gasteiger partial charge is 0.385 e. The van der Waals surface area contributed by atoms with Crippen LogP contribution in [-0.4, -0.2) is 31.7 Å². The monoisotopic (exact) mass is 530 g/mol. The first-order valence-electron chi connectivity index (χ1n) is 17.0. The van der Waals surface area contributed by atoms with Crippen LogP contribution in [0.1, 0.15) is 161 Å². The zero-order valence-electron chi connectivity index (χ0n) is 26.2. The van der Waals surface area contributed by atoms with Crippen LogP contribution in [0.15, 0.2) is 30.3 Å². The molecule has 0 saturated heterocycles. The summed E-state index contributed by atoms with van der Waals surface area (Å²) in [5.74, 6) is 1.02. The van der Waals surface area contributed by atoms with Gasteiger partial charge in [0.25, 0.3) is 0 Å². The summed E-state index contributed by atoms with van der Waals surface area (Å²) in [7, 11) is 1.81. The van der Waals surface area contributed by atoms with Crippen molar-refractivity contribution in [2.75, 3.05) is 26.8 Å².